The van der Waals surface area contributed by atoms with E-state index in [0.717, 1.165) is 12.1 Å². The predicted molar refractivity (Wildman–Crippen MR) is 61.3 cm³/mol. The Morgan fingerprint density at radius 3 is 2.32 bits per heavy atom. The average Bonchev–Trinajstić information content (AvgIpc) is 2.35. The number of ether oxygens (including phenoxy) is 1. The van der Waals surface area contributed by atoms with E-state index >= 15 is 0 Å². The summed E-state index contributed by atoms with van der Waals surface area (Å²) in [6, 6.07) is 1.45. The largest absolute Gasteiger partial charge is 0.464 e. The average molecular weight is 290 g/mol. The molecular formula is C11H7ClF3N3O. The van der Waals surface area contributed by atoms with Crippen molar-refractivity contribution in [3.05, 3.63) is 34.9 Å². The van der Waals surface area contributed by atoms with Crippen LogP contribution in [0.1, 0.15) is 6.92 Å². The molecular weight excluding hydrogens is 283 g/mol. The second kappa shape index (κ2) is 5.40. The van der Waals surface area contributed by atoms with Gasteiger partial charge in [0.25, 0.3) is 0 Å². The van der Waals surface area contributed by atoms with Gasteiger partial charge >= 0.3 is 6.01 Å². The SMILES string of the molecule is CCOc1nc(Cl)nc(-c2cc(F)c(F)c(F)c2)n1. The third-order valence-electron chi connectivity index (χ3n) is 2.10. The van der Waals surface area contributed by atoms with Gasteiger partial charge in [0.05, 0.1) is 6.61 Å². The number of hydrogen-bond donors (Lipinski definition) is 0. The number of benzene rings is 1. The van der Waals surface area contributed by atoms with Crippen LogP contribution in [0, 0.1) is 17.5 Å². The van der Waals surface area contributed by atoms with Crippen LogP contribution in [0.15, 0.2) is 12.1 Å². The predicted octanol–water partition coefficient (Wildman–Crippen LogP) is 3.01. The molecule has 1 heterocycles. The molecule has 0 spiro atoms. The van der Waals surface area contributed by atoms with Crippen LogP contribution in [-0.4, -0.2) is 21.6 Å². The first-order valence-electron chi connectivity index (χ1n) is 5.20. The second-order valence-corrected chi connectivity index (χ2v) is 3.74. The van der Waals surface area contributed by atoms with Gasteiger partial charge in [0, 0.05) is 5.56 Å². The number of hydrogen-bond acceptors (Lipinski definition) is 4. The fourth-order valence-electron chi connectivity index (χ4n) is 1.34. The first kappa shape index (κ1) is 13.5. The Morgan fingerprint density at radius 1 is 1.11 bits per heavy atom. The zero-order valence-corrected chi connectivity index (χ0v) is 10.4. The van der Waals surface area contributed by atoms with Crippen LogP contribution in [0.25, 0.3) is 11.4 Å². The zero-order valence-electron chi connectivity index (χ0n) is 9.62. The molecule has 0 bridgehead atoms. The molecule has 8 heteroatoms. The summed E-state index contributed by atoms with van der Waals surface area (Å²) in [7, 11) is 0. The van der Waals surface area contributed by atoms with E-state index in [1.807, 2.05) is 0 Å². The first-order valence-corrected chi connectivity index (χ1v) is 5.58. The van der Waals surface area contributed by atoms with Crippen LogP contribution in [0.3, 0.4) is 0 Å². The fourth-order valence-corrected chi connectivity index (χ4v) is 1.49. The maximum Gasteiger partial charge on any atom is 0.321 e. The topological polar surface area (TPSA) is 47.9 Å². The summed E-state index contributed by atoms with van der Waals surface area (Å²) < 4.78 is 44.1. The van der Waals surface area contributed by atoms with Gasteiger partial charge in [-0.2, -0.15) is 15.0 Å². The molecule has 0 unspecified atom stereocenters. The molecule has 0 fully saturated rings. The molecule has 0 saturated heterocycles. The van der Waals surface area contributed by atoms with E-state index in [-0.39, 0.29) is 29.3 Å². The minimum absolute atomic E-state index is 0.0679. The quantitative estimate of drug-likeness (QED) is 0.815. The Morgan fingerprint density at radius 2 is 1.74 bits per heavy atom. The van der Waals surface area contributed by atoms with Crippen molar-refractivity contribution in [2.24, 2.45) is 0 Å². The van der Waals surface area contributed by atoms with E-state index in [2.05, 4.69) is 15.0 Å². The van der Waals surface area contributed by atoms with E-state index in [1.54, 1.807) is 6.92 Å². The van der Waals surface area contributed by atoms with Crippen LogP contribution in [0.5, 0.6) is 6.01 Å². The Balaban J connectivity index is 2.52. The lowest BCUT2D eigenvalue weighted by molar-refractivity contribution is 0.312. The van der Waals surface area contributed by atoms with Crippen LogP contribution in [0.2, 0.25) is 5.28 Å². The van der Waals surface area contributed by atoms with Gasteiger partial charge < -0.3 is 4.74 Å². The Kier molecular flexibility index (Phi) is 3.84. The lowest BCUT2D eigenvalue weighted by Crippen LogP contribution is -2.02. The molecule has 0 aliphatic heterocycles. The van der Waals surface area contributed by atoms with Gasteiger partial charge in [-0.05, 0) is 30.7 Å². The van der Waals surface area contributed by atoms with Gasteiger partial charge in [-0.3, -0.25) is 0 Å². The van der Waals surface area contributed by atoms with Gasteiger partial charge in [-0.1, -0.05) is 0 Å². The minimum Gasteiger partial charge on any atom is -0.464 e. The van der Waals surface area contributed by atoms with Crippen molar-refractivity contribution in [3.8, 4) is 17.4 Å². The molecule has 0 atom stereocenters. The highest BCUT2D eigenvalue weighted by atomic mass is 35.5. The van der Waals surface area contributed by atoms with Crippen molar-refractivity contribution in [3.63, 3.8) is 0 Å². The van der Waals surface area contributed by atoms with Gasteiger partial charge in [-0.15, -0.1) is 0 Å². The maximum atomic E-state index is 13.1. The van der Waals surface area contributed by atoms with Crippen molar-refractivity contribution in [2.75, 3.05) is 6.61 Å². The van der Waals surface area contributed by atoms with Crippen molar-refractivity contribution < 1.29 is 17.9 Å². The molecule has 0 amide bonds. The Bertz CT molecular complexity index is 601. The number of halogens is 4. The van der Waals surface area contributed by atoms with Gasteiger partial charge in [-0.25, -0.2) is 13.2 Å². The van der Waals surface area contributed by atoms with E-state index in [0.29, 0.717) is 0 Å². The normalized spacial score (nSPS) is 10.6. The van der Waals surface area contributed by atoms with Gasteiger partial charge in [0.2, 0.25) is 5.28 Å². The molecule has 4 nitrogen and oxygen atoms in total. The maximum absolute atomic E-state index is 13.1. The summed E-state index contributed by atoms with van der Waals surface area (Å²) in [6.07, 6.45) is 0. The van der Waals surface area contributed by atoms with Crippen molar-refractivity contribution in [1.29, 1.82) is 0 Å². The minimum atomic E-state index is -1.56. The summed E-state index contributed by atoms with van der Waals surface area (Å²) in [5.41, 5.74) is -0.0679. The highest BCUT2D eigenvalue weighted by Gasteiger charge is 2.15. The summed E-state index contributed by atoms with van der Waals surface area (Å²) in [4.78, 5) is 11.2. The fraction of sp³-hybridized carbons (Fsp3) is 0.182. The smallest absolute Gasteiger partial charge is 0.321 e. The standard InChI is InChI=1S/C11H7ClF3N3O/c1-2-19-11-17-9(16-10(12)18-11)5-3-6(13)8(15)7(14)4-5/h3-4H,2H2,1H3. The summed E-state index contributed by atoms with van der Waals surface area (Å²) in [5.74, 6) is -4.36. The van der Waals surface area contributed by atoms with Gasteiger partial charge in [0.1, 0.15) is 0 Å². The van der Waals surface area contributed by atoms with Gasteiger partial charge in [0.15, 0.2) is 23.3 Å². The third kappa shape index (κ3) is 2.93. The Hall–Kier alpha value is -1.89. The number of aromatic nitrogens is 3. The lowest BCUT2D eigenvalue weighted by Gasteiger charge is -2.05. The summed E-state index contributed by atoms with van der Waals surface area (Å²) in [5, 5.41) is -0.196. The molecule has 0 N–H and O–H groups in total. The van der Waals surface area contributed by atoms with E-state index in [1.165, 1.54) is 0 Å². The summed E-state index contributed by atoms with van der Waals surface area (Å²) >= 11 is 5.64. The van der Waals surface area contributed by atoms with Crippen molar-refractivity contribution in [1.82, 2.24) is 15.0 Å². The van der Waals surface area contributed by atoms with Crippen LogP contribution >= 0.6 is 11.6 Å². The van der Waals surface area contributed by atoms with Crippen molar-refractivity contribution in [2.45, 2.75) is 6.92 Å². The summed E-state index contributed by atoms with van der Waals surface area (Å²) in [6.45, 7) is 1.99. The molecule has 2 aromatic rings. The molecule has 0 aliphatic carbocycles. The highest BCUT2D eigenvalue weighted by molar-refractivity contribution is 6.28. The van der Waals surface area contributed by atoms with Crippen LogP contribution in [-0.2, 0) is 0 Å². The van der Waals surface area contributed by atoms with E-state index < -0.39 is 17.5 Å². The monoisotopic (exact) mass is 289 g/mol. The molecule has 2 rings (SSSR count). The molecule has 0 radical (unpaired) electrons. The lowest BCUT2D eigenvalue weighted by atomic mass is 10.2. The first-order chi connectivity index (χ1) is 9.01. The molecule has 100 valence electrons. The van der Waals surface area contributed by atoms with E-state index in [4.69, 9.17) is 16.3 Å². The third-order valence-corrected chi connectivity index (χ3v) is 2.27. The zero-order chi connectivity index (χ0) is 14.0. The van der Waals surface area contributed by atoms with Crippen LogP contribution in [0.4, 0.5) is 13.2 Å². The van der Waals surface area contributed by atoms with E-state index in [9.17, 15) is 13.2 Å². The second-order valence-electron chi connectivity index (χ2n) is 3.40. The molecule has 0 saturated carbocycles. The molecule has 19 heavy (non-hydrogen) atoms. The molecule has 0 aliphatic rings. The Labute approximate surface area is 111 Å². The van der Waals surface area contributed by atoms with Crippen LogP contribution < -0.4 is 4.74 Å². The number of rotatable bonds is 3. The molecule has 1 aromatic carbocycles. The number of nitrogens with zero attached hydrogens (tertiary/aromatic N) is 3. The highest BCUT2D eigenvalue weighted by Crippen LogP contribution is 2.23. The van der Waals surface area contributed by atoms with Crippen molar-refractivity contribution >= 4 is 11.6 Å². The molecule has 1 aromatic heterocycles.